The number of hydrogen-bond acceptors (Lipinski definition) is 2. The number of hydrogen-bond donors (Lipinski definition) is 1. The van der Waals surface area contributed by atoms with E-state index in [1.54, 1.807) is 6.07 Å². The van der Waals surface area contributed by atoms with Crippen LogP contribution in [0.25, 0.3) is 0 Å². The molecule has 1 aliphatic heterocycles. The third-order valence-corrected chi connectivity index (χ3v) is 2.52. The van der Waals surface area contributed by atoms with Gasteiger partial charge in [0.05, 0.1) is 12.2 Å². The molecule has 1 atom stereocenters. The number of nitrogens with one attached hydrogen (secondary N) is 1. The molecule has 0 aliphatic carbocycles. The first-order chi connectivity index (χ1) is 7.57. The van der Waals surface area contributed by atoms with Crippen molar-refractivity contribution in [3.8, 4) is 0 Å². The van der Waals surface area contributed by atoms with Crippen LogP contribution in [0, 0.1) is 0 Å². The second kappa shape index (κ2) is 5.71. The summed E-state index contributed by atoms with van der Waals surface area (Å²) in [7, 11) is 0. The minimum absolute atomic E-state index is 0. The Kier molecular flexibility index (Phi) is 4.80. The van der Waals surface area contributed by atoms with E-state index in [-0.39, 0.29) is 30.6 Å². The van der Waals surface area contributed by atoms with Gasteiger partial charge >= 0.3 is 6.18 Å². The van der Waals surface area contributed by atoms with Crippen LogP contribution >= 0.6 is 12.4 Å². The van der Waals surface area contributed by atoms with Crippen LogP contribution < -0.4 is 5.32 Å². The normalized spacial score (nSPS) is 20.1. The molecule has 1 unspecified atom stereocenters. The minimum atomic E-state index is -4.30. The Labute approximate surface area is 104 Å². The fourth-order valence-corrected chi connectivity index (χ4v) is 1.79. The lowest BCUT2D eigenvalue weighted by Gasteiger charge is -2.15. The average Bonchev–Trinajstić information content (AvgIpc) is 2.70. The fourth-order valence-electron chi connectivity index (χ4n) is 1.79. The maximum Gasteiger partial charge on any atom is 0.416 e. The molecule has 0 radical (unpaired) electrons. The SMILES string of the molecule is Cl.FC(F)(F)c1ccccc1CC1NCCO1. The van der Waals surface area contributed by atoms with Crippen LogP contribution in [0.5, 0.6) is 0 Å². The molecule has 96 valence electrons. The van der Waals surface area contributed by atoms with Crippen LogP contribution in [0.3, 0.4) is 0 Å². The number of rotatable bonds is 2. The van der Waals surface area contributed by atoms with Crippen LogP contribution in [0.15, 0.2) is 24.3 Å². The Morgan fingerprint density at radius 3 is 2.59 bits per heavy atom. The summed E-state index contributed by atoms with van der Waals surface area (Å²) in [6.45, 7) is 1.25. The molecule has 0 spiro atoms. The molecule has 2 rings (SSSR count). The maximum atomic E-state index is 12.7. The Bertz CT molecular complexity index is 364. The molecule has 0 aromatic heterocycles. The van der Waals surface area contributed by atoms with Gasteiger partial charge in [-0.15, -0.1) is 12.4 Å². The van der Waals surface area contributed by atoms with Crippen molar-refractivity contribution in [2.24, 2.45) is 0 Å². The smallest absolute Gasteiger partial charge is 0.362 e. The summed E-state index contributed by atoms with van der Waals surface area (Å²) >= 11 is 0. The summed E-state index contributed by atoms with van der Waals surface area (Å²) < 4.78 is 43.2. The van der Waals surface area contributed by atoms with Crippen molar-refractivity contribution in [1.29, 1.82) is 0 Å². The van der Waals surface area contributed by atoms with E-state index in [0.29, 0.717) is 13.2 Å². The van der Waals surface area contributed by atoms with E-state index in [4.69, 9.17) is 4.74 Å². The third kappa shape index (κ3) is 3.59. The van der Waals surface area contributed by atoms with E-state index < -0.39 is 11.7 Å². The monoisotopic (exact) mass is 267 g/mol. The molecule has 1 aromatic rings. The van der Waals surface area contributed by atoms with Crippen LogP contribution in [-0.4, -0.2) is 19.4 Å². The van der Waals surface area contributed by atoms with E-state index in [2.05, 4.69) is 5.32 Å². The highest BCUT2D eigenvalue weighted by atomic mass is 35.5. The van der Waals surface area contributed by atoms with Crippen molar-refractivity contribution in [3.63, 3.8) is 0 Å². The molecule has 0 saturated carbocycles. The van der Waals surface area contributed by atoms with E-state index in [1.165, 1.54) is 12.1 Å². The van der Waals surface area contributed by atoms with Gasteiger partial charge < -0.3 is 4.74 Å². The van der Waals surface area contributed by atoms with Gasteiger partial charge in [0, 0.05) is 13.0 Å². The largest absolute Gasteiger partial charge is 0.416 e. The van der Waals surface area contributed by atoms with Crippen LogP contribution in [0.1, 0.15) is 11.1 Å². The molecule has 1 aliphatic rings. The Hall–Kier alpha value is -0.780. The predicted molar refractivity (Wildman–Crippen MR) is 60.1 cm³/mol. The molecule has 1 fully saturated rings. The highest BCUT2D eigenvalue weighted by molar-refractivity contribution is 5.85. The second-order valence-electron chi connectivity index (χ2n) is 3.67. The first kappa shape index (κ1) is 14.3. The molecule has 6 heteroatoms. The zero-order valence-electron chi connectivity index (χ0n) is 8.96. The molecule has 1 aromatic carbocycles. The van der Waals surface area contributed by atoms with Crippen LogP contribution in [0.4, 0.5) is 13.2 Å². The summed E-state index contributed by atoms with van der Waals surface area (Å²) in [5, 5.41) is 2.99. The van der Waals surface area contributed by atoms with Crippen LogP contribution in [-0.2, 0) is 17.3 Å². The number of ether oxygens (including phenoxy) is 1. The molecule has 2 nitrogen and oxygen atoms in total. The molecule has 0 bridgehead atoms. The highest BCUT2D eigenvalue weighted by Gasteiger charge is 2.33. The van der Waals surface area contributed by atoms with Gasteiger partial charge in [-0.1, -0.05) is 18.2 Å². The average molecular weight is 268 g/mol. The van der Waals surface area contributed by atoms with Gasteiger partial charge in [0.15, 0.2) is 0 Å². The van der Waals surface area contributed by atoms with Gasteiger partial charge in [-0.3, -0.25) is 5.32 Å². The van der Waals surface area contributed by atoms with Gasteiger partial charge in [0.1, 0.15) is 6.23 Å². The molecule has 0 amide bonds. The lowest BCUT2D eigenvalue weighted by molar-refractivity contribution is -0.138. The zero-order chi connectivity index (χ0) is 11.6. The fraction of sp³-hybridized carbons (Fsp3) is 0.455. The first-order valence-electron chi connectivity index (χ1n) is 5.07. The zero-order valence-corrected chi connectivity index (χ0v) is 9.77. The Balaban J connectivity index is 0.00000144. The number of benzene rings is 1. The maximum absolute atomic E-state index is 12.7. The van der Waals surface area contributed by atoms with E-state index in [0.717, 1.165) is 6.07 Å². The Morgan fingerprint density at radius 2 is 2.00 bits per heavy atom. The van der Waals surface area contributed by atoms with Crippen molar-refractivity contribution in [2.45, 2.75) is 18.8 Å². The van der Waals surface area contributed by atoms with E-state index >= 15 is 0 Å². The van der Waals surface area contributed by atoms with Crippen LogP contribution in [0.2, 0.25) is 0 Å². The predicted octanol–water partition coefficient (Wildman–Crippen LogP) is 2.62. The topological polar surface area (TPSA) is 21.3 Å². The lowest BCUT2D eigenvalue weighted by Crippen LogP contribution is -2.26. The van der Waals surface area contributed by atoms with Gasteiger partial charge in [-0.05, 0) is 11.6 Å². The van der Waals surface area contributed by atoms with E-state index in [9.17, 15) is 13.2 Å². The van der Waals surface area contributed by atoms with Crippen molar-refractivity contribution in [2.75, 3.05) is 13.2 Å². The molecule has 17 heavy (non-hydrogen) atoms. The summed E-state index contributed by atoms with van der Waals surface area (Å²) in [5.74, 6) is 0. The van der Waals surface area contributed by atoms with Crippen molar-refractivity contribution >= 4 is 12.4 Å². The highest BCUT2D eigenvalue weighted by Crippen LogP contribution is 2.32. The molecular formula is C11H13ClF3NO. The minimum Gasteiger partial charge on any atom is -0.362 e. The van der Waals surface area contributed by atoms with Gasteiger partial charge in [0.2, 0.25) is 0 Å². The Morgan fingerprint density at radius 1 is 1.29 bits per heavy atom. The molecular weight excluding hydrogens is 255 g/mol. The van der Waals surface area contributed by atoms with Crippen molar-refractivity contribution < 1.29 is 17.9 Å². The summed E-state index contributed by atoms with van der Waals surface area (Å²) in [5.41, 5.74) is -0.304. The van der Waals surface area contributed by atoms with Gasteiger partial charge in [-0.2, -0.15) is 13.2 Å². The number of halogens is 4. The lowest BCUT2D eigenvalue weighted by atomic mass is 10.0. The standard InChI is InChI=1S/C11H12F3NO.ClH/c12-11(13,14)9-4-2-1-3-8(9)7-10-15-5-6-16-10;/h1-4,10,15H,5-7H2;1H. The van der Waals surface area contributed by atoms with Gasteiger partial charge in [0.25, 0.3) is 0 Å². The number of alkyl halides is 3. The molecule has 1 heterocycles. The van der Waals surface area contributed by atoms with E-state index in [1.807, 2.05) is 0 Å². The first-order valence-corrected chi connectivity index (χ1v) is 5.07. The van der Waals surface area contributed by atoms with Gasteiger partial charge in [-0.25, -0.2) is 0 Å². The summed E-state index contributed by atoms with van der Waals surface area (Å²) in [4.78, 5) is 0. The summed E-state index contributed by atoms with van der Waals surface area (Å²) in [6.07, 6.45) is -4.35. The summed E-state index contributed by atoms with van der Waals surface area (Å²) in [6, 6.07) is 5.60. The quantitative estimate of drug-likeness (QED) is 0.889. The third-order valence-electron chi connectivity index (χ3n) is 2.52. The molecule has 1 N–H and O–H groups in total. The van der Waals surface area contributed by atoms with Crippen molar-refractivity contribution in [1.82, 2.24) is 5.32 Å². The second-order valence-corrected chi connectivity index (χ2v) is 3.67. The van der Waals surface area contributed by atoms with Crippen molar-refractivity contribution in [3.05, 3.63) is 35.4 Å². The molecule has 1 saturated heterocycles.